The van der Waals surface area contributed by atoms with Gasteiger partial charge < -0.3 is 4.98 Å². The lowest BCUT2D eigenvalue weighted by Gasteiger charge is -2.25. The van der Waals surface area contributed by atoms with E-state index in [2.05, 4.69) is 79.6 Å². The van der Waals surface area contributed by atoms with Gasteiger partial charge in [0, 0.05) is 28.4 Å². The van der Waals surface area contributed by atoms with Gasteiger partial charge in [0.1, 0.15) is 0 Å². The fourth-order valence-corrected chi connectivity index (χ4v) is 2.98. The van der Waals surface area contributed by atoms with Gasteiger partial charge in [-0.25, -0.2) is 0 Å². The van der Waals surface area contributed by atoms with Gasteiger partial charge in [0.2, 0.25) is 0 Å². The average molecular weight is 293 g/mol. The van der Waals surface area contributed by atoms with Gasteiger partial charge >= 0.3 is 0 Å². The Morgan fingerprint density at radius 2 is 1.64 bits per heavy atom. The molecule has 0 saturated carbocycles. The third-order valence-electron chi connectivity index (χ3n) is 3.77. The molecule has 1 N–H and O–H groups in total. The summed E-state index contributed by atoms with van der Waals surface area (Å²) in [5.74, 6) is 1.02. The molecule has 2 aliphatic rings. The van der Waals surface area contributed by atoms with Crippen LogP contribution >= 0.6 is 0 Å². The molecule has 2 aliphatic carbocycles. The number of fused-ring (bicyclic) bond motifs is 5. The van der Waals surface area contributed by atoms with E-state index >= 15 is 0 Å². The summed E-state index contributed by atoms with van der Waals surface area (Å²) in [5.41, 5.74) is 3.96. The number of H-pyrrole nitrogens is 1. The average Bonchev–Trinajstić information content (AvgIpc) is 2.96. The maximum atomic E-state index is 3.50. The molecule has 1 aromatic carbocycles. The van der Waals surface area contributed by atoms with Crippen LogP contribution in [0.25, 0.3) is 17.0 Å². The smallest absolute Gasteiger partial charge is 0.0461 e. The van der Waals surface area contributed by atoms with E-state index in [1.165, 1.54) is 28.6 Å². The molecule has 4 rings (SSSR count). The highest BCUT2D eigenvalue weighted by Gasteiger charge is 2.26. The highest BCUT2D eigenvalue weighted by atomic mass is 14.7. The Morgan fingerprint density at radius 3 is 2.41 bits per heavy atom. The van der Waals surface area contributed by atoms with E-state index in [4.69, 9.17) is 0 Å². The summed E-state index contributed by atoms with van der Waals surface area (Å²) >= 11 is 0. The van der Waals surface area contributed by atoms with E-state index in [1.54, 1.807) is 0 Å². The topological polar surface area (TPSA) is 15.8 Å². The van der Waals surface area contributed by atoms with Gasteiger partial charge in [-0.15, -0.1) is 0 Å². The Bertz CT molecular complexity index is 685. The zero-order valence-electron chi connectivity index (χ0n) is 14.1. The van der Waals surface area contributed by atoms with Crippen molar-refractivity contribution in [3.05, 3.63) is 65.9 Å². The summed E-state index contributed by atoms with van der Waals surface area (Å²) in [6, 6.07) is 8.57. The molecule has 2 atom stereocenters. The quantitative estimate of drug-likeness (QED) is 0.573. The van der Waals surface area contributed by atoms with Gasteiger partial charge in [0.05, 0.1) is 0 Å². The number of benzene rings is 1. The maximum Gasteiger partial charge on any atom is 0.0461 e. The molecule has 0 amide bonds. The second kappa shape index (κ2) is 7.84. The van der Waals surface area contributed by atoms with Crippen molar-refractivity contribution in [3.8, 4) is 0 Å². The Hall–Kier alpha value is -2.02. The van der Waals surface area contributed by atoms with Gasteiger partial charge in [-0.3, -0.25) is 0 Å². The number of rotatable bonds is 0. The van der Waals surface area contributed by atoms with Crippen LogP contribution in [-0.4, -0.2) is 4.98 Å². The monoisotopic (exact) mass is 293 g/mol. The second-order valence-electron chi connectivity index (χ2n) is 5.44. The number of nitrogens with one attached hydrogen (secondary N) is 1. The number of allylic oxidation sites excluding steroid dienone is 5. The second-order valence-corrected chi connectivity index (χ2v) is 5.44. The first-order valence-corrected chi connectivity index (χ1v) is 8.49. The molecular weight excluding hydrogens is 266 g/mol. The minimum absolute atomic E-state index is 0.496. The van der Waals surface area contributed by atoms with Crippen LogP contribution in [0.4, 0.5) is 0 Å². The molecule has 0 saturated heterocycles. The summed E-state index contributed by atoms with van der Waals surface area (Å²) < 4.78 is 0. The molecule has 2 aromatic rings. The molecule has 1 heterocycles. The predicted molar refractivity (Wildman–Crippen MR) is 99.2 cm³/mol. The molecule has 1 nitrogen and oxygen atoms in total. The molecule has 1 aromatic heterocycles. The molecule has 116 valence electrons. The zero-order valence-corrected chi connectivity index (χ0v) is 14.1. The van der Waals surface area contributed by atoms with E-state index < -0.39 is 0 Å². The highest BCUT2D eigenvalue weighted by molar-refractivity contribution is 5.89. The Labute approximate surface area is 134 Å². The molecule has 22 heavy (non-hydrogen) atoms. The minimum atomic E-state index is 0.496. The SMILES string of the molecule is C1=CC2C=Cc3[nH]c4ccccc4c3C2C=C1.CC.CCC. The first-order valence-electron chi connectivity index (χ1n) is 8.49. The molecule has 0 aliphatic heterocycles. The normalized spacial score (nSPS) is 20.4. The van der Waals surface area contributed by atoms with Crippen LogP contribution in [0.5, 0.6) is 0 Å². The van der Waals surface area contributed by atoms with Crippen LogP contribution in [0.2, 0.25) is 0 Å². The lowest BCUT2D eigenvalue weighted by molar-refractivity contribution is 0.696. The molecular formula is C21H27N. The lowest BCUT2D eigenvalue weighted by Crippen LogP contribution is -2.12. The van der Waals surface area contributed by atoms with Crippen LogP contribution < -0.4 is 0 Å². The van der Waals surface area contributed by atoms with Crippen LogP contribution in [0.1, 0.15) is 51.3 Å². The first-order chi connectivity index (χ1) is 10.8. The van der Waals surface area contributed by atoms with Crippen molar-refractivity contribution in [2.75, 3.05) is 0 Å². The number of aromatic amines is 1. The van der Waals surface area contributed by atoms with Gasteiger partial charge in [0.25, 0.3) is 0 Å². The third kappa shape index (κ3) is 3.09. The summed E-state index contributed by atoms with van der Waals surface area (Å²) in [4.78, 5) is 3.50. The van der Waals surface area contributed by atoms with Crippen molar-refractivity contribution in [1.82, 2.24) is 4.98 Å². The van der Waals surface area contributed by atoms with Gasteiger partial charge in [0.15, 0.2) is 0 Å². The molecule has 0 bridgehead atoms. The van der Waals surface area contributed by atoms with Crippen LogP contribution in [0.3, 0.4) is 0 Å². The third-order valence-corrected chi connectivity index (χ3v) is 3.77. The number of para-hydroxylation sites is 1. The molecule has 2 unspecified atom stereocenters. The number of aromatic nitrogens is 1. The fraction of sp³-hybridized carbons (Fsp3) is 0.333. The standard InChI is InChI=1S/C16H13N.C3H8.C2H6/c1-2-6-12-11(5-1)9-10-15-16(12)13-7-3-4-8-14(13)17-15;1-3-2;1-2/h1-12,17H;3H2,1-2H3;1-2H3. The van der Waals surface area contributed by atoms with Crippen molar-refractivity contribution in [3.63, 3.8) is 0 Å². The van der Waals surface area contributed by atoms with Crippen molar-refractivity contribution in [2.24, 2.45) is 5.92 Å². The van der Waals surface area contributed by atoms with Crippen molar-refractivity contribution < 1.29 is 0 Å². The van der Waals surface area contributed by atoms with E-state index in [0.717, 1.165) is 0 Å². The van der Waals surface area contributed by atoms with E-state index in [-0.39, 0.29) is 0 Å². The molecule has 1 heteroatoms. The molecule has 0 radical (unpaired) electrons. The van der Waals surface area contributed by atoms with E-state index in [9.17, 15) is 0 Å². The Morgan fingerprint density at radius 1 is 0.955 bits per heavy atom. The summed E-state index contributed by atoms with van der Waals surface area (Å²) in [6.07, 6.45) is 14.7. The minimum Gasteiger partial charge on any atom is -0.355 e. The first kappa shape index (κ1) is 16.4. The molecule has 0 fully saturated rings. The summed E-state index contributed by atoms with van der Waals surface area (Å²) in [6.45, 7) is 8.25. The van der Waals surface area contributed by atoms with E-state index in [0.29, 0.717) is 11.8 Å². The fourth-order valence-electron chi connectivity index (χ4n) is 2.98. The number of hydrogen-bond acceptors (Lipinski definition) is 0. The van der Waals surface area contributed by atoms with Crippen molar-refractivity contribution in [2.45, 2.75) is 40.0 Å². The largest absolute Gasteiger partial charge is 0.355 e. The van der Waals surface area contributed by atoms with Gasteiger partial charge in [-0.2, -0.15) is 0 Å². The number of hydrogen-bond donors (Lipinski definition) is 1. The van der Waals surface area contributed by atoms with Crippen LogP contribution in [0.15, 0.2) is 54.6 Å². The van der Waals surface area contributed by atoms with Crippen LogP contribution in [0, 0.1) is 5.92 Å². The van der Waals surface area contributed by atoms with E-state index in [1.807, 2.05) is 13.8 Å². The maximum absolute atomic E-state index is 3.50. The summed E-state index contributed by atoms with van der Waals surface area (Å²) in [5, 5.41) is 1.36. The lowest BCUT2D eigenvalue weighted by atomic mass is 9.78. The zero-order chi connectivity index (χ0) is 15.9. The van der Waals surface area contributed by atoms with Gasteiger partial charge in [-0.05, 0) is 17.7 Å². The Balaban J connectivity index is 0.000000319. The summed E-state index contributed by atoms with van der Waals surface area (Å²) in [7, 11) is 0. The van der Waals surface area contributed by atoms with Crippen LogP contribution in [-0.2, 0) is 0 Å². The van der Waals surface area contributed by atoms with Gasteiger partial charge in [-0.1, -0.05) is 82.7 Å². The predicted octanol–water partition coefficient (Wildman–Crippen LogP) is 6.46. The van der Waals surface area contributed by atoms with Crippen molar-refractivity contribution >= 4 is 17.0 Å². The van der Waals surface area contributed by atoms with Crippen molar-refractivity contribution in [1.29, 1.82) is 0 Å². The Kier molecular flexibility index (Phi) is 5.83. The molecule has 0 spiro atoms. The highest BCUT2D eigenvalue weighted by Crippen LogP contribution is 2.41.